The van der Waals surface area contributed by atoms with Crippen LogP contribution >= 0.6 is 22.9 Å². The van der Waals surface area contributed by atoms with E-state index >= 15 is 0 Å². The van der Waals surface area contributed by atoms with Crippen molar-refractivity contribution >= 4 is 34.8 Å². The molecule has 1 amide bonds. The minimum atomic E-state index is -0.407. The molecule has 0 unspecified atom stereocenters. The summed E-state index contributed by atoms with van der Waals surface area (Å²) in [5, 5.41) is 7.09. The van der Waals surface area contributed by atoms with Gasteiger partial charge in [-0.1, -0.05) is 23.7 Å². The van der Waals surface area contributed by atoms with Gasteiger partial charge in [-0.3, -0.25) is 9.59 Å². The van der Waals surface area contributed by atoms with Gasteiger partial charge in [0.05, 0.1) is 6.42 Å². The van der Waals surface area contributed by atoms with E-state index < -0.39 is 5.97 Å². The first-order chi connectivity index (χ1) is 10.1. The third kappa shape index (κ3) is 5.57. The number of carbonyl (C=O) groups is 2. The molecule has 1 N–H and O–H groups in total. The lowest BCUT2D eigenvalue weighted by molar-refractivity contribution is -0.147. The molecule has 0 aliphatic heterocycles. The Balaban J connectivity index is 1.67. The lowest BCUT2D eigenvalue weighted by Crippen LogP contribution is -2.28. The standard InChI is InChI=1S/C15H14ClNO3S/c16-13-3-1-11(2-4-13)8-17-14(18)9-20-15(19)7-12-5-6-21-10-12/h1-6,10H,7-9H2,(H,17,18). The third-order valence-corrected chi connectivity index (χ3v) is 3.68. The molecule has 0 bridgehead atoms. The Morgan fingerprint density at radius 3 is 2.57 bits per heavy atom. The van der Waals surface area contributed by atoms with Crippen LogP contribution in [0.25, 0.3) is 0 Å². The summed E-state index contributed by atoms with van der Waals surface area (Å²) in [6, 6.07) is 9.01. The minimum absolute atomic E-state index is 0.188. The summed E-state index contributed by atoms with van der Waals surface area (Å²) in [6.07, 6.45) is 0.188. The highest BCUT2D eigenvalue weighted by atomic mass is 35.5. The van der Waals surface area contributed by atoms with Crippen LogP contribution in [0.4, 0.5) is 0 Å². The predicted molar refractivity (Wildman–Crippen MR) is 82.3 cm³/mol. The van der Waals surface area contributed by atoms with Crippen LogP contribution < -0.4 is 5.32 Å². The van der Waals surface area contributed by atoms with Gasteiger partial charge in [-0.05, 0) is 40.1 Å². The van der Waals surface area contributed by atoms with Gasteiger partial charge in [0.25, 0.3) is 5.91 Å². The Morgan fingerprint density at radius 1 is 1.14 bits per heavy atom. The van der Waals surface area contributed by atoms with E-state index in [9.17, 15) is 9.59 Å². The van der Waals surface area contributed by atoms with Crippen LogP contribution in [0.2, 0.25) is 5.02 Å². The maximum atomic E-state index is 11.6. The van der Waals surface area contributed by atoms with Crippen molar-refractivity contribution in [3.05, 3.63) is 57.2 Å². The summed E-state index contributed by atoms with van der Waals surface area (Å²) in [4.78, 5) is 23.1. The number of ether oxygens (including phenoxy) is 1. The second kappa shape index (κ2) is 7.81. The molecule has 1 aromatic carbocycles. The van der Waals surface area contributed by atoms with E-state index in [1.165, 1.54) is 11.3 Å². The smallest absolute Gasteiger partial charge is 0.310 e. The largest absolute Gasteiger partial charge is 0.455 e. The molecular weight excluding hydrogens is 310 g/mol. The minimum Gasteiger partial charge on any atom is -0.455 e. The van der Waals surface area contributed by atoms with Crippen molar-refractivity contribution in [3.8, 4) is 0 Å². The Morgan fingerprint density at radius 2 is 1.90 bits per heavy atom. The first kappa shape index (κ1) is 15.5. The van der Waals surface area contributed by atoms with Crippen molar-refractivity contribution in [2.75, 3.05) is 6.61 Å². The van der Waals surface area contributed by atoms with Crippen LogP contribution in [-0.2, 0) is 27.3 Å². The van der Waals surface area contributed by atoms with Gasteiger partial charge in [-0.25, -0.2) is 0 Å². The lowest BCUT2D eigenvalue weighted by atomic mass is 10.2. The lowest BCUT2D eigenvalue weighted by Gasteiger charge is -2.06. The molecule has 0 spiro atoms. The van der Waals surface area contributed by atoms with Gasteiger partial charge in [0, 0.05) is 11.6 Å². The van der Waals surface area contributed by atoms with Gasteiger partial charge < -0.3 is 10.1 Å². The van der Waals surface area contributed by atoms with Gasteiger partial charge >= 0.3 is 5.97 Å². The molecule has 1 heterocycles. The second-order valence-corrected chi connectivity index (χ2v) is 5.59. The molecule has 110 valence electrons. The zero-order valence-electron chi connectivity index (χ0n) is 11.2. The SMILES string of the molecule is O=C(COC(=O)Cc1ccsc1)NCc1ccc(Cl)cc1. The zero-order chi connectivity index (χ0) is 15.1. The second-order valence-electron chi connectivity index (χ2n) is 4.37. The Labute approximate surface area is 131 Å². The quantitative estimate of drug-likeness (QED) is 0.832. The average molecular weight is 324 g/mol. The summed E-state index contributed by atoms with van der Waals surface area (Å²) in [6.45, 7) is 0.106. The number of benzene rings is 1. The van der Waals surface area contributed by atoms with Crippen LogP contribution in [0.3, 0.4) is 0 Å². The molecular formula is C15H14ClNO3S. The van der Waals surface area contributed by atoms with Gasteiger partial charge in [0.15, 0.2) is 6.61 Å². The fourth-order valence-electron chi connectivity index (χ4n) is 1.61. The van der Waals surface area contributed by atoms with Crippen molar-refractivity contribution < 1.29 is 14.3 Å². The summed E-state index contributed by atoms with van der Waals surface area (Å²) < 4.78 is 4.92. The molecule has 1 aromatic heterocycles. The van der Waals surface area contributed by atoms with E-state index in [1.807, 2.05) is 29.0 Å². The highest BCUT2D eigenvalue weighted by Crippen LogP contribution is 2.09. The molecule has 0 aliphatic rings. The van der Waals surface area contributed by atoms with Gasteiger partial charge in [0.1, 0.15) is 0 Å². The van der Waals surface area contributed by atoms with E-state index in [-0.39, 0.29) is 18.9 Å². The summed E-state index contributed by atoms with van der Waals surface area (Å²) >= 11 is 7.29. The van der Waals surface area contributed by atoms with Crippen molar-refractivity contribution in [3.63, 3.8) is 0 Å². The fraction of sp³-hybridized carbons (Fsp3) is 0.200. The zero-order valence-corrected chi connectivity index (χ0v) is 12.7. The van der Waals surface area contributed by atoms with Crippen molar-refractivity contribution in [2.24, 2.45) is 0 Å². The molecule has 2 aromatic rings. The van der Waals surface area contributed by atoms with E-state index in [0.717, 1.165) is 11.1 Å². The van der Waals surface area contributed by atoms with Gasteiger partial charge in [-0.15, -0.1) is 0 Å². The van der Waals surface area contributed by atoms with Crippen LogP contribution in [0.1, 0.15) is 11.1 Å². The van der Waals surface area contributed by atoms with Crippen LogP contribution in [0, 0.1) is 0 Å². The predicted octanol–water partition coefficient (Wildman–Crippen LogP) is 2.80. The van der Waals surface area contributed by atoms with Crippen LogP contribution in [-0.4, -0.2) is 18.5 Å². The number of rotatable bonds is 6. The number of hydrogen-bond donors (Lipinski definition) is 1. The molecule has 0 aliphatic carbocycles. The summed E-state index contributed by atoms with van der Waals surface area (Å²) in [5.41, 5.74) is 1.82. The van der Waals surface area contributed by atoms with E-state index in [1.54, 1.807) is 12.1 Å². The number of thiophene rings is 1. The maximum Gasteiger partial charge on any atom is 0.310 e. The van der Waals surface area contributed by atoms with Crippen LogP contribution in [0.15, 0.2) is 41.1 Å². The fourth-order valence-corrected chi connectivity index (χ4v) is 2.41. The highest BCUT2D eigenvalue weighted by molar-refractivity contribution is 7.07. The average Bonchev–Trinajstić information content (AvgIpc) is 2.97. The number of esters is 1. The molecule has 21 heavy (non-hydrogen) atoms. The molecule has 6 heteroatoms. The number of hydrogen-bond acceptors (Lipinski definition) is 4. The molecule has 0 saturated heterocycles. The summed E-state index contributed by atoms with van der Waals surface area (Å²) in [5.74, 6) is -0.737. The Bertz CT molecular complexity index is 596. The van der Waals surface area contributed by atoms with Crippen molar-refractivity contribution in [1.82, 2.24) is 5.32 Å². The number of carbonyl (C=O) groups excluding carboxylic acids is 2. The third-order valence-electron chi connectivity index (χ3n) is 2.70. The monoisotopic (exact) mass is 323 g/mol. The number of halogens is 1. The molecule has 2 rings (SSSR count). The number of amides is 1. The topological polar surface area (TPSA) is 55.4 Å². The van der Waals surface area contributed by atoms with Crippen LogP contribution in [0.5, 0.6) is 0 Å². The molecule has 4 nitrogen and oxygen atoms in total. The maximum absolute atomic E-state index is 11.6. The molecule has 0 fully saturated rings. The van der Waals surface area contributed by atoms with E-state index in [2.05, 4.69) is 5.32 Å². The Hall–Kier alpha value is -1.85. The molecule has 0 saturated carbocycles. The highest BCUT2D eigenvalue weighted by Gasteiger charge is 2.08. The molecule has 0 radical (unpaired) electrons. The molecule has 0 atom stereocenters. The normalized spacial score (nSPS) is 10.1. The van der Waals surface area contributed by atoms with E-state index in [4.69, 9.17) is 16.3 Å². The Kier molecular flexibility index (Phi) is 5.78. The van der Waals surface area contributed by atoms with E-state index in [0.29, 0.717) is 11.6 Å². The van der Waals surface area contributed by atoms with Gasteiger partial charge in [-0.2, -0.15) is 11.3 Å². The first-order valence-corrected chi connectivity index (χ1v) is 7.63. The van der Waals surface area contributed by atoms with Gasteiger partial charge in [0.2, 0.25) is 0 Å². The van der Waals surface area contributed by atoms with Crippen molar-refractivity contribution in [1.29, 1.82) is 0 Å². The first-order valence-electron chi connectivity index (χ1n) is 6.31. The van der Waals surface area contributed by atoms with Crippen molar-refractivity contribution in [2.45, 2.75) is 13.0 Å². The summed E-state index contributed by atoms with van der Waals surface area (Å²) in [7, 11) is 0. The number of nitrogens with one attached hydrogen (secondary N) is 1.